The van der Waals surface area contributed by atoms with E-state index >= 15 is 0 Å². The number of pyridine rings is 1. The van der Waals surface area contributed by atoms with Crippen molar-refractivity contribution >= 4 is 17.2 Å². The fourth-order valence-corrected chi connectivity index (χ4v) is 2.20. The number of carbonyl (C=O) groups excluding carboxylic acids is 1. The first-order chi connectivity index (χ1) is 10.2. The third-order valence-electron chi connectivity index (χ3n) is 3.22. The Morgan fingerprint density at radius 2 is 2.14 bits per heavy atom. The van der Waals surface area contributed by atoms with E-state index in [0.717, 1.165) is 22.3 Å². The first kappa shape index (κ1) is 13.2. The van der Waals surface area contributed by atoms with Gasteiger partial charge in [0.15, 0.2) is 0 Å². The van der Waals surface area contributed by atoms with Crippen LogP contribution in [0.5, 0.6) is 0 Å². The maximum atomic E-state index is 11.9. The van der Waals surface area contributed by atoms with Crippen LogP contribution in [0.3, 0.4) is 0 Å². The van der Waals surface area contributed by atoms with Crippen LogP contribution in [-0.4, -0.2) is 15.6 Å². The van der Waals surface area contributed by atoms with Crippen molar-refractivity contribution in [2.45, 2.75) is 13.5 Å². The lowest BCUT2D eigenvalue weighted by atomic mass is 10.2. The van der Waals surface area contributed by atoms with Gasteiger partial charge < -0.3 is 10.6 Å². The molecular weight excluding hydrogens is 264 g/mol. The van der Waals surface area contributed by atoms with Gasteiger partial charge in [-0.15, -0.1) is 0 Å². The number of hydrogen-bond donors (Lipinski definition) is 2. The molecule has 3 rings (SSSR count). The van der Waals surface area contributed by atoms with Crippen LogP contribution >= 0.6 is 0 Å². The minimum Gasteiger partial charge on any atom is -0.334 e. The Morgan fingerprint density at radius 1 is 1.24 bits per heavy atom. The number of nitrogens with one attached hydrogen (secondary N) is 2. The minimum absolute atomic E-state index is 0.226. The number of amides is 2. The van der Waals surface area contributed by atoms with E-state index in [0.29, 0.717) is 6.54 Å². The highest BCUT2D eigenvalue weighted by Crippen LogP contribution is 2.11. The van der Waals surface area contributed by atoms with Gasteiger partial charge in [0.1, 0.15) is 0 Å². The van der Waals surface area contributed by atoms with Crippen molar-refractivity contribution in [3.8, 4) is 0 Å². The molecule has 1 aromatic carbocycles. The van der Waals surface area contributed by atoms with Crippen molar-refractivity contribution in [3.63, 3.8) is 0 Å². The molecule has 106 valence electrons. The summed E-state index contributed by atoms with van der Waals surface area (Å²) in [7, 11) is 0. The molecule has 0 fully saturated rings. The number of carbonyl (C=O) groups is 1. The molecule has 0 saturated carbocycles. The summed E-state index contributed by atoms with van der Waals surface area (Å²) in [5.41, 5.74) is 3.87. The molecule has 0 saturated heterocycles. The van der Waals surface area contributed by atoms with Gasteiger partial charge in [0.05, 0.1) is 11.7 Å². The summed E-state index contributed by atoms with van der Waals surface area (Å²) >= 11 is 0. The zero-order chi connectivity index (χ0) is 14.7. The normalized spacial score (nSPS) is 10.5. The molecule has 0 aliphatic heterocycles. The van der Waals surface area contributed by atoms with Crippen LogP contribution in [0.2, 0.25) is 0 Å². The van der Waals surface area contributed by atoms with E-state index in [1.165, 1.54) is 0 Å². The summed E-state index contributed by atoms with van der Waals surface area (Å²) in [6.45, 7) is 2.42. The van der Waals surface area contributed by atoms with Gasteiger partial charge in [-0.1, -0.05) is 18.2 Å². The Hall–Kier alpha value is -2.82. The summed E-state index contributed by atoms with van der Waals surface area (Å²) in [5.74, 6) is 0. The predicted octanol–water partition coefficient (Wildman–Crippen LogP) is 2.96. The Balaban J connectivity index is 1.63. The number of nitrogens with zero attached hydrogens (tertiary/aromatic N) is 2. The van der Waals surface area contributed by atoms with Gasteiger partial charge in [-0.3, -0.25) is 0 Å². The molecule has 2 N–H and O–H groups in total. The van der Waals surface area contributed by atoms with Crippen LogP contribution in [0.25, 0.3) is 5.52 Å². The highest BCUT2D eigenvalue weighted by Gasteiger charge is 2.06. The fourth-order valence-electron chi connectivity index (χ4n) is 2.20. The van der Waals surface area contributed by atoms with Gasteiger partial charge in [0, 0.05) is 24.0 Å². The molecule has 0 atom stereocenters. The second-order valence-corrected chi connectivity index (χ2v) is 4.88. The van der Waals surface area contributed by atoms with E-state index in [1.54, 1.807) is 10.7 Å². The minimum atomic E-state index is -0.226. The number of fused-ring (bicyclic) bond motifs is 1. The Morgan fingerprint density at radius 3 is 3.00 bits per heavy atom. The standard InChI is InChI=1S/C16H16N4O/c1-12-5-4-6-14(9-12)19-16(21)17-10-13-11-18-20-8-3-2-7-15(13)20/h2-9,11H,10H2,1H3,(H2,17,19,21). The summed E-state index contributed by atoms with van der Waals surface area (Å²) in [5, 5.41) is 9.89. The van der Waals surface area contributed by atoms with Crippen molar-refractivity contribution in [1.82, 2.24) is 14.9 Å². The number of benzene rings is 1. The molecule has 2 heterocycles. The van der Waals surface area contributed by atoms with Gasteiger partial charge in [0.25, 0.3) is 0 Å². The average molecular weight is 280 g/mol. The Bertz CT molecular complexity index is 779. The molecular formula is C16H16N4O. The van der Waals surface area contributed by atoms with E-state index in [2.05, 4.69) is 15.7 Å². The number of aryl methyl sites for hydroxylation is 1. The predicted molar refractivity (Wildman–Crippen MR) is 82.2 cm³/mol. The van der Waals surface area contributed by atoms with Crippen LogP contribution in [0, 0.1) is 6.92 Å². The van der Waals surface area contributed by atoms with Crippen molar-refractivity contribution in [1.29, 1.82) is 0 Å². The van der Waals surface area contributed by atoms with E-state index in [-0.39, 0.29) is 6.03 Å². The van der Waals surface area contributed by atoms with Crippen molar-refractivity contribution in [2.75, 3.05) is 5.32 Å². The maximum absolute atomic E-state index is 11.9. The number of urea groups is 1. The molecule has 2 amide bonds. The number of rotatable bonds is 3. The van der Waals surface area contributed by atoms with E-state index < -0.39 is 0 Å². The Kier molecular flexibility index (Phi) is 3.55. The van der Waals surface area contributed by atoms with Crippen LogP contribution in [0.15, 0.2) is 54.9 Å². The van der Waals surface area contributed by atoms with Crippen LogP contribution in [0.4, 0.5) is 10.5 Å². The molecule has 3 aromatic rings. The number of aromatic nitrogens is 2. The van der Waals surface area contributed by atoms with E-state index in [1.807, 2.05) is 55.6 Å². The molecule has 5 heteroatoms. The second-order valence-electron chi connectivity index (χ2n) is 4.88. The molecule has 0 radical (unpaired) electrons. The zero-order valence-electron chi connectivity index (χ0n) is 11.7. The quantitative estimate of drug-likeness (QED) is 0.775. The monoisotopic (exact) mass is 280 g/mol. The summed E-state index contributed by atoms with van der Waals surface area (Å²) in [4.78, 5) is 11.9. The van der Waals surface area contributed by atoms with Crippen LogP contribution < -0.4 is 10.6 Å². The largest absolute Gasteiger partial charge is 0.334 e. The lowest BCUT2D eigenvalue weighted by Gasteiger charge is -2.07. The van der Waals surface area contributed by atoms with E-state index in [4.69, 9.17) is 0 Å². The topological polar surface area (TPSA) is 58.4 Å². The van der Waals surface area contributed by atoms with Gasteiger partial charge in [-0.05, 0) is 36.8 Å². The highest BCUT2D eigenvalue weighted by atomic mass is 16.2. The molecule has 5 nitrogen and oxygen atoms in total. The molecule has 0 unspecified atom stereocenters. The third-order valence-corrected chi connectivity index (χ3v) is 3.22. The fraction of sp³-hybridized carbons (Fsp3) is 0.125. The maximum Gasteiger partial charge on any atom is 0.319 e. The van der Waals surface area contributed by atoms with Gasteiger partial charge in [-0.2, -0.15) is 5.10 Å². The number of anilines is 1. The molecule has 0 bridgehead atoms. The lowest BCUT2D eigenvalue weighted by molar-refractivity contribution is 0.252. The highest BCUT2D eigenvalue weighted by molar-refractivity contribution is 5.89. The summed E-state index contributed by atoms with van der Waals surface area (Å²) in [6, 6.07) is 13.3. The van der Waals surface area contributed by atoms with Crippen molar-refractivity contribution in [2.24, 2.45) is 0 Å². The van der Waals surface area contributed by atoms with E-state index in [9.17, 15) is 4.79 Å². The first-order valence-electron chi connectivity index (χ1n) is 6.75. The molecule has 0 spiro atoms. The first-order valence-corrected chi connectivity index (χ1v) is 6.75. The Labute approximate surface area is 122 Å². The molecule has 21 heavy (non-hydrogen) atoms. The van der Waals surface area contributed by atoms with Gasteiger partial charge in [0.2, 0.25) is 0 Å². The van der Waals surface area contributed by atoms with Gasteiger partial charge >= 0.3 is 6.03 Å². The van der Waals surface area contributed by atoms with Crippen molar-refractivity contribution in [3.05, 3.63) is 66.0 Å². The second kappa shape index (κ2) is 5.66. The third kappa shape index (κ3) is 3.02. The number of hydrogen-bond acceptors (Lipinski definition) is 2. The zero-order valence-corrected chi connectivity index (χ0v) is 11.7. The summed E-state index contributed by atoms with van der Waals surface area (Å²) < 4.78 is 1.79. The SMILES string of the molecule is Cc1cccc(NC(=O)NCc2cnn3ccccc23)c1. The van der Waals surface area contributed by atoms with Crippen LogP contribution in [0.1, 0.15) is 11.1 Å². The van der Waals surface area contributed by atoms with Gasteiger partial charge in [-0.25, -0.2) is 9.31 Å². The smallest absolute Gasteiger partial charge is 0.319 e. The molecule has 0 aliphatic rings. The average Bonchev–Trinajstić information content (AvgIpc) is 2.88. The van der Waals surface area contributed by atoms with Crippen molar-refractivity contribution < 1.29 is 4.79 Å². The lowest BCUT2D eigenvalue weighted by Crippen LogP contribution is -2.28. The molecule has 2 aromatic heterocycles. The van der Waals surface area contributed by atoms with Crippen LogP contribution in [-0.2, 0) is 6.54 Å². The summed E-state index contributed by atoms with van der Waals surface area (Å²) in [6.07, 6.45) is 3.65. The molecule has 0 aliphatic carbocycles.